The lowest BCUT2D eigenvalue weighted by Gasteiger charge is -2.24. The van der Waals surface area contributed by atoms with Gasteiger partial charge in [-0.2, -0.15) is 5.10 Å². The van der Waals surface area contributed by atoms with E-state index in [1.54, 1.807) is 18.5 Å². The van der Waals surface area contributed by atoms with Gasteiger partial charge in [0, 0.05) is 19.3 Å². The largest absolute Gasteiger partial charge is 0.469 e. The van der Waals surface area contributed by atoms with Gasteiger partial charge in [-0.05, 0) is 37.8 Å². The van der Waals surface area contributed by atoms with Crippen LogP contribution in [0.3, 0.4) is 0 Å². The third-order valence-corrected chi connectivity index (χ3v) is 4.60. The van der Waals surface area contributed by atoms with E-state index >= 15 is 0 Å². The first-order chi connectivity index (χ1) is 11.2. The van der Waals surface area contributed by atoms with Crippen LogP contribution in [0.1, 0.15) is 34.7 Å². The van der Waals surface area contributed by atoms with Gasteiger partial charge in [0.05, 0.1) is 36.7 Å². The molecule has 2 aromatic rings. The highest BCUT2D eigenvalue weighted by Gasteiger charge is 2.30. The van der Waals surface area contributed by atoms with E-state index in [2.05, 4.69) is 5.10 Å². The van der Waals surface area contributed by atoms with Gasteiger partial charge in [0.2, 0.25) is 0 Å². The number of carbonyl (C=O) groups excluding carboxylic acids is 1. The first-order valence-corrected chi connectivity index (χ1v) is 8.16. The molecule has 122 valence electrons. The van der Waals surface area contributed by atoms with Crippen molar-refractivity contribution in [3.63, 3.8) is 0 Å². The van der Waals surface area contributed by atoms with Gasteiger partial charge in [0.15, 0.2) is 0 Å². The minimum absolute atomic E-state index is 0.00841. The van der Waals surface area contributed by atoms with Crippen LogP contribution in [0.25, 0.3) is 0 Å². The minimum Gasteiger partial charge on any atom is -0.469 e. The molecule has 6 nitrogen and oxygen atoms in total. The molecule has 6 heteroatoms. The third kappa shape index (κ3) is 3.03. The first-order valence-electron chi connectivity index (χ1n) is 8.16. The lowest BCUT2D eigenvalue weighted by Crippen LogP contribution is -2.37. The van der Waals surface area contributed by atoms with Crippen LogP contribution in [0.2, 0.25) is 0 Å². The van der Waals surface area contributed by atoms with E-state index in [4.69, 9.17) is 9.15 Å². The predicted octanol–water partition coefficient (Wildman–Crippen LogP) is 2.24. The minimum atomic E-state index is -0.0205. The molecule has 2 aliphatic rings. The molecule has 0 N–H and O–H groups in total. The van der Waals surface area contributed by atoms with E-state index in [0.29, 0.717) is 36.9 Å². The zero-order valence-corrected chi connectivity index (χ0v) is 13.3. The van der Waals surface area contributed by atoms with Crippen LogP contribution in [0.5, 0.6) is 0 Å². The molecule has 1 fully saturated rings. The van der Waals surface area contributed by atoms with Crippen LogP contribution in [-0.4, -0.2) is 39.8 Å². The second kappa shape index (κ2) is 5.85. The molecule has 23 heavy (non-hydrogen) atoms. The van der Waals surface area contributed by atoms with Crippen molar-refractivity contribution >= 4 is 5.91 Å². The zero-order valence-electron chi connectivity index (χ0n) is 13.3. The molecule has 1 aliphatic carbocycles. The van der Waals surface area contributed by atoms with Crippen LogP contribution in [0.15, 0.2) is 29.0 Å². The quantitative estimate of drug-likeness (QED) is 0.868. The predicted molar refractivity (Wildman–Crippen MR) is 82.9 cm³/mol. The molecule has 0 radical (unpaired) electrons. The van der Waals surface area contributed by atoms with Crippen LogP contribution in [0, 0.1) is 12.8 Å². The van der Waals surface area contributed by atoms with Crippen molar-refractivity contribution in [1.29, 1.82) is 0 Å². The molecule has 1 aliphatic heterocycles. The van der Waals surface area contributed by atoms with Crippen LogP contribution >= 0.6 is 0 Å². The van der Waals surface area contributed by atoms with E-state index < -0.39 is 0 Å². The summed E-state index contributed by atoms with van der Waals surface area (Å²) in [6.45, 7) is 4.43. The van der Waals surface area contributed by atoms with Crippen LogP contribution in [0.4, 0.5) is 0 Å². The summed E-state index contributed by atoms with van der Waals surface area (Å²) in [5.41, 5.74) is 1.66. The molecule has 0 aromatic carbocycles. The highest BCUT2D eigenvalue weighted by Crippen LogP contribution is 2.29. The summed E-state index contributed by atoms with van der Waals surface area (Å²) in [5, 5.41) is 4.36. The number of hydrogen-bond acceptors (Lipinski definition) is 4. The molecule has 1 unspecified atom stereocenters. The fourth-order valence-corrected chi connectivity index (χ4v) is 3.01. The number of fused-ring (bicyclic) bond motifs is 1. The summed E-state index contributed by atoms with van der Waals surface area (Å²) < 4.78 is 13.3. The van der Waals surface area contributed by atoms with E-state index in [1.807, 2.05) is 22.6 Å². The number of hydrogen-bond donors (Lipinski definition) is 0. The molecule has 2 aromatic heterocycles. The number of rotatable bonds is 4. The number of aryl methyl sites for hydroxylation is 1. The summed E-state index contributed by atoms with van der Waals surface area (Å²) in [6.07, 6.45) is 5.84. The van der Waals surface area contributed by atoms with Crippen LogP contribution < -0.4 is 0 Å². The number of carbonyl (C=O) groups is 1. The molecule has 4 rings (SSSR count). The standard InChI is InChI=1S/C17H21N3O3/c1-12-16(5-7-22-12)17(21)19-8-14-4-6-18-20(14)10-15(9-19)23-11-13-2-3-13/h4-7,13,15H,2-3,8-11H2,1H3. The van der Waals surface area contributed by atoms with E-state index in [9.17, 15) is 4.79 Å². The van der Waals surface area contributed by atoms with Gasteiger partial charge in [-0.3, -0.25) is 9.48 Å². The Kier molecular flexibility index (Phi) is 3.69. The topological polar surface area (TPSA) is 60.5 Å². The Balaban J connectivity index is 1.55. The Morgan fingerprint density at radius 1 is 1.39 bits per heavy atom. The summed E-state index contributed by atoms with van der Waals surface area (Å²) in [7, 11) is 0. The number of furan rings is 1. The summed E-state index contributed by atoms with van der Waals surface area (Å²) >= 11 is 0. The Morgan fingerprint density at radius 2 is 2.26 bits per heavy atom. The van der Waals surface area contributed by atoms with E-state index in [-0.39, 0.29) is 12.0 Å². The van der Waals surface area contributed by atoms with Crippen molar-refractivity contribution in [3.05, 3.63) is 41.6 Å². The number of nitrogens with zero attached hydrogens (tertiary/aromatic N) is 3. The maximum absolute atomic E-state index is 12.8. The molecular formula is C17H21N3O3. The fourth-order valence-electron chi connectivity index (χ4n) is 3.01. The third-order valence-electron chi connectivity index (χ3n) is 4.60. The number of aromatic nitrogens is 2. The Bertz CT molecular complexity index is 702. The lowest BCUT2D eigenvalue weighted by molar-refractivity contribution is 0.0136. The molecule has 0 bridgehead atoms. The Morgan fingerprint density at radius 3 is 3.00 bits per heavy atom. The van der Waals surface area contributed by atoms with Crippen molar-refractivity contribution < 1.29 is 13.9 Å². The monoisotopic (exact) mass is 315 g/mol. The molecule has 1 amide bonds. The van der Waals surface area contributed by atoms with Crippen molar-refractivity contribution in [2.24, 2.45) is 5.92 Å². The van der Waals surface area contributed by atoms with Crippen molar-refractivity contribution in [2.45, 2.75) is 39.0 Å². The Labute approximate surface area is 135 Å². The molecule has 1 atom stereocenters. The molecular weight excluding hydrogens is 294 g/mol. The van der Waals surface area contributed by atoms with E-state index in [0.717, 1.165) is 12.3 Å². The van der Waals surface area contributed by atoms with Gasteiger partial charge in [-0.15, -0.1) is 0 Å². The fraction of sp³-hybridized carbons (Fsp3) is 0.529. The SMILES string of the molecule is Cc1occc1C(=O)N1Cc2ccnn2CC(OCC2CC2)C1. The van der Waals surface area contributed by atoms with Gasteiger partial charge < -0.3 is 14.1 Å². The van der Waals surface area contributed by atoms with Crippen LogP contribution in [-0.2, 0) is 17.8 Å². The number of ether oxygens (including phenoxy) is 1. The van der Waals surface area contributed by atoms with Gasteiger partial charge >= 0.3 is 0 Å². The highest BCUT2D eigenvalue weighted by molar-refractivity contribution is 5.95. The maximum Gasteiger partial charge on any atom is 0.257 e. The normalized spacial score (nSPS) is 21.1. The molecule has 0 saturated heterocycles. The zero-order chi connectivity index (χ0) is 15.8. The summed E-state index contributed by atoms with van der Waals surface area (Å²) in [4.78, 5) is 14.7. The maximum atomic E-state index is 12.8. The lowest BCUT2D eigenvalue weighted by atomic mass is 10.2. The average molecular weight is 315 g/mol. The highest BCUT2D eigenvalue weighted by atomic mass is 16.5. The smallest absolute Gasteiger partial charge is 0.257 e. The summed E-state index contributed by atoms with van der Waals surface area (Å²) in [5.74, 6) is 1.35. The second-order valence-corrected chi connectivity index (χ2v) is 6.48. The van der Waals surface area contributed by atoms with Gasteiger partial charge in [0.25, 0.3) is 5.91 Å². The van der Waals surface area contributed by atoms with Crippen molar-refractivity contribution in [1.82, 2.24) is 14.7 Å². The first kappa shape index (κ1) is 14.5. The average Bonchev–Trinajstić information content (AvgIpc) is 3.18. The molecule has 3 heterocycles. The van der Waals surface area contributed by atoms with E-state index in [1.165, 1.54) is 12.8 Å². The van der Waals surface area contributed by atoms with Gasteiger partial charge in [-0.1, -0.05) is 0 Å². The molecule has 0 spiro atoms. The van der Waals surface area contributed by atoms with Crippen molar-refractivity contribution in [2.75, 3.05) is 13.2 Å². The summed E-state index contributed by atoms with van der Waals surface area (Å²) in [6, 6.07) is 3.70. The number of amides is 1. The van der Waals surface area contributed by atoms with Gasteiger partial charge in [0.1, 0.15) is 5.76 Å². The molecule has 1 saturated carbocycles. The Hall–Kier alpha value is -2.08. The van der Waals surface area contributed by atoms with Crippen molar-refractivity contribution in [3.8, 4) is 0 Å². The second-order valence-electron chi connectivity index (χ2n) is 6.48. The van der Waals surface area contributed by atoms with Gasteiger partial charge in [-0.25, -0.2) is 0 Å².